The third-order valence-electron chi connectivity index (χ3n) is 3.90. The Balaban J connectivity index is 2.31. The van der Waals surface area contributed by atoms with Crippen LogP contribution in [0.15, 0.2) is 0 Å². The molecule has 120 valence electrons. The molecule has 1 N–H and O–H groups in total. The van der Waals surface area contributed by atoms with Gasteiger partial charge in [0.05, 0.1) is 6.10 Å². The van der Waals surface area contributed by atoms with Gasteiger partial charge in [0.1, 0.15) is 0 Å². The number of piperazine rings is 1. The lowest BCUT2D eigenvalue weighted by Crippen LogP contribution is -2.57. The largest absolute Gasteiger partial charge is 0.377 e. The smallest absolute Gasteiger partial charge is 0.0714 e. The van der Waals surface area contributed by atoms with Gasteiger partial charge in [-0.05, 0) is 48.1 Å². The van der Waals surface area contributed by atoms with E-state index in [1.54, 1.807) is 0 Å². The number of ether oxygens (including phenoxy) is 1. The van der Waals surface area contributed by atoms with Crippen LogP contribution in [-0.4, -0.2) is 101 Å². The second kappa shape index (κ2) is 9.68. The first-order chi connectivity index (χ1) is 9.50. The molecule has 0 radical (unpaired) electrons. The molecular weight excluding hydrogens is 252 g/mol. The summed E-state index contributed by atoms with van der Waals surface area (Å²) in [6.45, 7) is 9.69. The normalized spacial score (nSPS) is 22.6. The van der Waals surface area contributed by atoms with E-state index in [0.29, 0.717) is 12.1 Å². The fourth-order valence-electron chi connectivity index (χ4n) is 2.60. The molecule has 0 aromatic rings. The van der Waals surface area contributed by atoms with Crippen LogP contribution in [0.5, 0.6) is 0 Å². The summed E-state index contributed by atoms with van der Waals surface area (Å²) in [6, 6.07) is 0.503. The quantitative estimate of drug-likeness (QED) is 0.611. The number of nitrogens with one attached hydrogen (secondary N) is 1. The molecule has 1 aliphatic heterocycles. The molecule has 20 heavy (non-hydrogen) atoms. The molecule has 2 atom stereocenters. The van der Waals surface area contributed by atoms with Gasteiger partial charge in [-0.15, -0.1) is 0 Å². The molecule has 2 unspecified atom stereocenters. The molecular formula is C15H34N4O. The molecule has 0 saturated carbocycles. The average molecular weight is 286 g/mol. The van der Waals surface area contributed by atoms with E-state index >= 15 is 0 Å². The van der Waals surface area contributed by atoms with Crippen LogP contribution in [0.3, 0.4) is 0 Å². The van der Waals surface area contributed by atoms with Crippen molar-refractivity contribution in [2.75, 3.05) is 74.1 Å². The molecule has 0 aromatic heterocycles. The van der Waals surface area contributed by atoms with E-state index in [2.05, 4.69) is 55.1 Å². The summed E-state index contributed by atoms with van der Waals surface area (Å²) < 4.78 is 6.05. The third kappa shape index (κ3) is 6.99. The molecule has 1 rings (SSSR count). The third-order valence-corrected chi connectivity index (χ3v) is 3.90. The van der Waals surface area contributed by atoms with Crippen molar-refractivity contribution in [2.24, 2.45) is 0 Å². The van der Waals surface area contributed by atoms with Gasteiger partial charge in [-0.3, -0.25) is 4.90 Å². The Hall–Kier alpha value is -0.200. The maximum absolute atomic E-state index is 6.05. The Morgan fingerprint density at radius 3 is 2.55 bits per heavy atom. The van der Waals surface area contributed by atoms with Crippen molar-refractivity contribution < 1.29 is 4.74 Å². The minimum Gasteiger partial charge on any atom is -0.377 e. The van der Waals surface area contributed by atoms with Gasteiger partial charge in [0.25, 0.3) is 0 Å². The van der Waals surface area contributed by atoms with E-state index < -0.39 is 0 Å². The van der Waals surface area contributed by atoms with Gasteiger partial charge in [-0.2, -0.15) is 0 Å². The SMILES string of the molecule is CC(OCCCN(C)C)C1CNCCN1CCN(C)C. The number of hydrogen-bond donors (Lipinski definition) is 1. The molecule has 1 fully saturated rings. The lowest BCUT2D eigenvalue weighted by atomic mass is 10.1. The Labute approximate surface area is 125 Å². The number of nitrogens with zero attached hydrogens (tertiary/aromatic N) is 3. The standard InChI is InChI=1S/C15H34N4O/c1-14(20-12-6-8-17(2)3)15-13-16-7-9-19(15)11-10-18(4)5/h14-16H,6-13H2,1-5H3. The molecule has 0 aliphatic carbocycles. The topological polar surface area (TPSA) is 31.0 Å². The van der Waals surface area contributed by atoms with Gasteiger partial charge in [-0.25, -0.2) is 0 Å². The second-order valence-corrected chi connectivity index (χ2v) is 6.34. The highest BCUT2D eigenvalue weighted by Gasteiger charge is 2.27. The van der Waals surface area contributed by atoms with Crippen molar-refractivity contribution in [1.82, 2.24) is 20.0 Å². The van der Waals surface area contributed by atoms with Crippen LogP contribution >= 0.6 is 0 Å². The van der Waals surface area contributed by atoms with Crippen molar-refractivity contribution in [3.63, 3.8) is 0 Å². The lowest BCUT2D eigenvalue weighted by molar-refractivity contribution is -0.0159. The van der Waals surface area contributed by atoms with Crippen LogP contribution in [0, 0.1) is 0 Å². The minimum absolute atomic E-state index is 0.298. The van der Waals surface area contributed by atoms with Crippen molar-refractivity contribution in [3.8, 4) is 0 Å². The van der Waals surface area contributed by atoms with Crippen molar-refractivity contribution in [3.05, 3.63) is 0 Å². The fraction of sp³-hybridized carbons (Fsp3) is 1.00. The highest BCUT2D eigenvalue weighted by molar-refractivity contribution is 4.84. The van der Waals surface area contributed by atoms with Crippen LogP contribution in [0.25, 0.3) is 0 Å². The molecule has 0 amide bonds. The lowest BCUT2D eigenvalue weighted by Gasteiger charge is -2.39. The molecule has 0 aromatic carbocycles. The average Bonchev–Trinajstić information content (AvgIpc) is 2.41. The van der Waals surface area contributed by atoms with Crippen molar-refractivity contribution in [2.45, 2.75) is 25.5 Å². The van der Waals surface area contributed by atoms with Crippen LogP contribution in [0.4, 0.5) is 0 Å². The Bertz CT molecular complexity index is 248. The summed E-state index contributed by atoms with van der Waals surface area (Å²) >= 11 is 0. The summed E-state index contributed by atoms with van der Waals surface area (Å²) in [6.07, 6.45) is 1.40. The zero-order chi connectivity index (χ0) is 15.0. The Morgan fingerprint density at radius 2 is 1.90 bits per heavy atom. The van der Waals surface area contributed by atoms with Gasteiger partial charge in [0.15, 0.2) is 0 Å². The van der Waals surface area contributed by atoms with Gasteiger partial charge in [0.2, 0.25) is 0 Å². The molecule has 1 heterocycles. The van der Waals surface area contributed by atoms with Crippen LogP contribution in [-0.2, 0) is 4.74 Å². The van der Waals surface area contributed by atoms with Crippen LogP contribution < -0.4 is 5.32 Å². The number of hydrogen-bond acceptors (Lipinski definition) is 5. The Morgan fingerprint density at radius 1 is 1.20 bits per heavy atom. The summed E-state index contributed by atoms with van der Waals surface area (Å²) in [5.41, 5.74) is 0. The highest BCUT2D eigenvalue weighted by atomic mass is 16.5. The molecule has 1 saturated heterocycles. The first kappa shape index (κ1) is 17.9. The van der Waals surface area contributed by atoms with E-state index in [4.69, 9.17) is 4.74 Å². The van der Waals surface area contributed by atoms with E-state index in [1.165, 1.54) is 0 Å². The first-order valence-corrected chi connectivity index (χ1v) is 7.86. The van der Waals surface area contributed by atoms with Crippen LogP contribution in [0.1, 0.15) is 13.3 Å². The molecule has 0 bridgehead atoms. The van der Waals surface area contributed by atoms with Gasteiger partial charge < -0.3 is 19.9 Å². The predicted octanol–water partition coefficient (Wildman–Crippen LogP) is 0.179. The summed E-state index contributed by atoms with van der Waals surface area (Å²) in [5, 5.41) is 3.50. The zero-order valence-corrected chi connectivity index (χ0v) is 14.1. The van der Waals surface area contributed by atoms with E-state index in [1.807, 2.05) is 0 Å². The van der Waals surface area contributed by atoms with Gasteiger partial charge >= 0.3 is 0 Å². The predicted molar refractivity (Wildman–Crippen MR) is 85.4 cm³/mol. The second-order valence-electron chi connectivity index (χ2n) is 6.34. The van der Waals surface area contributed by atoms with Crippen molar-refractivity contribution >= 4 is 0 Å². The molecule has 5 nitrogen and oxygen atoms in total. The van der Waals surface area contributed by atoms with Crippen LogP contribution in [0.2, 0.25) is 0 Å². The molecule has 5 heteroatoms. The van der Waals surface area contributed by atoms with E-state index in [9.17, 15) is 0 Å². The highest BCUT2D eigenvalue weighted by Crippen LogP contribution is 2.11. The van der Waals surface area contributed by atoms with E-state index in [0.717, 1.165) is 52.3 Å². The minimum atomic E-state index is 0.298. The van der Waals surface area contributed by atoms with Gasteiger partial charge in [0, 0.05) is 45.4 Å². The number of rotatable bonds is 9. The fourth-order valence-corrected chi connectivity index (χ4v) is 2.60. The molecule has 1 aliphatic rings. The van der Waals surface area contributed by atoms with E-state index in [-0.39, 0.29) is 0 Å². The maximum Gasteiger partial charge on any atom is 0.0714 e. The summed E-state index contributed by atoms with van der Waals surface area (Å²) in [4.78, 5) is 7.04. The van der Waals surface area contributed by atoms with Crippen molar-refractivity contribution in [1.29, 1.82) is 0 Å². The van der Waals surface area contributed by atoms with Gasteiger partial charge in [-0.1, -0.05) is 0 Å². The number of likely N-dealkylation sites (N-methyl/N-ethyl adjacent to an activating group) is 1. The summed E-state index contributed by atoms with van der Waals surface area (Å²) in [7, 11) is 8.49. The first-order valence-electron chi connectivity index (χ1n) is 7.86. The summed E-state index contributed by atoms with van der Waals surface area (Å²) in [5.74, 6) is 0. The monoisotopic (exact) mass is 286 g/mol. The Kier molecular flexibility index (Phi) is 8.64. The maximum atomic E-state index is 6.05. The molecule has 0 spiro atoms. The zero-order valence-electron chi connectivity index (χ0n) is 14.1.